The Morgan fingerprint density at radius 1 is 1.15 bits per heavy atom. The first-order valence-electron chi connectivity index (χ1n) is 15.5. The first-order valence-corrected chi connectivity index (χ1v) is 16.3. The molecular formula is C33H39N5O8S. The van der Waals surface area contributed by atoms with Crippen molar-refractivity contribution in [3.8, 4) is 16.5 Å². The van der Waals surface area contributed by atoms with Crippen LogP contribution in [0.1, 0.15) is 40.5 Å². The van der Waals surface area contributed by atoms with E-state index < -0.39 is 59.4 Å². The number of para-hydroxylation sites is 2. The van der Waals surface area contributed by atoms with Crippen molar-refractivity contribution in [3.63, 3.8) is 0 Å². The highest BCUT2D eigenvalue weighted by atomic mass is 32.1. The molecule has 47 heavy (non-hydrogen) atoms. The quantitative estimate of drug-likeness (QED) is 0.143. The normalized spacial score (nSPS) is 22.6. The first-order chi connectivity index (χ1) is 22.4. The van der Waals surface area contributed by atoms with Gasteiger partial charge in [0, 0.05) is 12.3 Å². The summed E-state index contributed by atoms with van der Waals surface area (Å²) in [6.45, 7) is 10.6. The van der Waals surface area contributed by atoms with E-state index in [1.165, 1.54) is 22.3 Å². The van der Waals surface area contributed by atoms with E-state index in [2.05, 4.69) is 11.9 Å². The highest BCUT2D eigenvalue weighted by Crippen LogP contribution is 2.45. The van der Waals surface area contributed by atoms with Crippen LogP contribution in [-0.4, -0.2) is 91.0 Å². The molecule has 3 heterocycles. The molecule has 3 aromatic rings. The highest BCUT2D eigenvalue weighted by molar-refractivity contribution is 7.13. The maximum atomic E-state index is 14.2. The van der Waals surface area contributed by atoms with Crippen LogP contribution in [0.15, 0.2) is 54.4 Å². The Morgan fingerprint density at radius 3 is 2.43 bits per heavy atom. The number of carbonyl (C=O) groups excluding carboxylic acids is 3. The summed E-state index contributed by atoms with van der Waals surface area (Å²) in [7, 11) is 0. The number of aliphatic carboxylic acids is 1. The summed E-state index contributed by atoms with van der Waals surface area (Å²) in [4.78, 5) is 64.4. The largest absolute Gasteiger partial charge is 0.479 e. The van der Waals surface area contributed by atoms with Gasteiger partial charge in [-0.3, -0.25) is 14.8 Å². The number of hydrogen-bond donors (Lipinski definition) is 3. The van der Waals surface area contributed by atoms with Gasteiger partial charge < -0.3 is 24.8 Å². The maximum absolute atomic E-state index is 14.2. The van der Waals surface area contributed by atoms with Gasteiger partial charge in [-0.25, -0.2) is 19.6 Å². The number of carboxylic acids is 1. The highest BCUT2D eigenvalue weighted by Gasteiger charge is 2.61. The topological polar surface area (TPSA) is 171 Å². The minimum absolute atomic E-state index is 0.00855. The van der Waals surface area contributed by atoms with E-state index in [4.69, 9.17) is 19.4 Å². The van der Waals surface area contributed by atoms with Gasteiger partial charge in [-0.1, -0.05) is 52.0 Å². The van der Waals surface area contributed by atoms with E-state index in [0.717, 1.165) is 4.88 Å². The number of rotatable bonds is 12. The average molecular weight is 666 g/mol. The van der Waals surface area contributed by atoms with Gasteiger partial charge in [0.25, 0.3) is 0 Å². The number of fused-ring (bicyclic) bond motifs is 1. The van der Waals surface area contributed by atoms with Gasteiger partial charge in [-0.05, 0) is 41.8 Å². The fraction of sp³-hybridized carbons (Fsp3) is 0.455. The SMILES string of the molecule is C=C[C@@H]1CC1(NC(=O)[C@@H]1C[C@@H](Oc2nc3ccccc3nc2-c2cccs2)CN1C(=O)C(C(C)C)N(O)C(=O)OCC(C)C)C(=O)O. The molecule has 0 radical (unpaired) electrons. The minimum atomic E-state index is -1.54. The number of hydroxylamine groups is 2. The van der Waals surface area contributed by atoms with Crippen molar-refractivity contribution in [2.24, 2.45) is 17.8 Å². The molecule has 1 aliphatic carbocycles. The Morgan fingerprint density at radius 2 is 1.85 bits per heavy atom. The number of nitrogens with one attached hydrogen (secondary N) is 1. The fourth-order valence-electron chi connectivity index (χ4n) is 5.75. The van der Waals surface area contributed by atoms with E-state index in [1.807, 2.05) is 49.6 Å². The van der Waals surface area contributed by atoms with Gasteiger partial charge in [-0.15, -0.1) is 17.9 Å². The second-order valence-electron chi connectivity index (χ2n) is 12.6. The van der Waals surface area contributed by atoms with Crippen LogP contribution >= 0.6 is 11.3 Å². The van der Waals surface area contributed by atoms with Gasteiger partial charge >= 0.3 is 12.1 Å². The van der Waals surface area contributed by atoms with Crippen molar-refractivity contribution < 1.29 is 39.0 Å². The molecule has 1 aliphatic heterocycles. The lowest BCUT2D eigenvalue weighted by Crippen LogP contribution is -2.57. The van der Waals surface area contributed by atoms with Crippen molar-refractivity contribution >= 4 is 46.2 Å². The zero-order valence-corrected chi connectivity index (χ0v) is 27.5. The van der Waals surface area contributed by atoms with Crippen molar-refractivity contribution in [1.82, 2.24) is 25.2 Å². The second kappa shape index (κ2) is 13.7. The molecule has 1 saturated heterocycles. The van der Waals surface area contributed by atoms with E-state index in [1.54, 1.807) is 19.9 Å². The first kappa shape index (κ1) is 33.8. The molecule has 2 fully saturated rings. The Kier molecular flexibility index (Phi) is 9.82. The van der Waals surface area contributed by atoms with E-state index >= 15 is 0 Å². The lowest BCUT2D eigenvalue weighted by molar-refractivity contribution is -0.163. The number of carbonyl (C=O) groups is 4. The van der Waals surface area contributed by atoms with Gasteiger partial charge in [0.1, 0.15) is 29.4 Å². The van der Waals surface area contributed by atoms with Crippen molar-refractivity contribution in [3.05, 3.63) is 54.4 Å². The van der Waals surface area contributed by atoms with Crippen LogP contribution < -0.4 is 10.1 Å². The zero-order chi connectivity index (χ0) is 34.0. The number of ether oxygens (including phenoxy) is 2. The molecular weight excluding hydrogens is 626 g/mol. The molecule has 3 amide bonds. The number of amides is 3. The summed E-state index contributed by atoms with van der Waals surface area (Å²) in [5.41, 5.74) is 0.210. The van der Waals surface area contributed by atoms with Crippen LogP contribution in [0.4, 0.5) is 4.79 Å². The number of carboxylic acid groups (broad SMARTS) is 1. The van der Waals surface area contributed by atoms with Crippen LogP contribution in [-0.2, 0) is 19.1 Å². The molecule has 1 saturated carbocycles. The number of hydrogen-bond acceptors (Lipinski definition) is 10. The standard InChI is InChI=1S/C33H39N5O8S/c1-6-20-15-33(20,31(41)42)36-28(39)24-14-21(16-37(24)30(40)27(19(4)5)38(44)32(43)45-17-18(2)3)46-29-26(25-12-9-13-47-25)34-22-10-7-8-11-23(22)35-29/h6-13,18-21,24,27,44H,1,14-17H2,2-5H3,(H,36,39)(H,41,42)/t20-,21-,24+,27?,33?/m1/s1. The smallest absolute Gasteiger partial charge is 0.434 e. The van der Waals surface area contributed by atoms with Crippen molar-refractivity contribution in [2.45, 2.75) is 64.3 Å². The third-order valence-corrected chi connectivity index (χ3v) is 9.20. The van der Waals surface area contributed by atoms with Crippen molar-refractivity contribution in [1.29, 1.82) is 0 Å². The molecule has 0 spiro atoms. The van der Waals surface area contributed by atoms with Gasteiger partial charge in [0.05, 0.1) is 29.1 Å². The molecule has 2 aliphatic rings. The Bertz CT molecular complexity index is 1660. The van der Waals surface area contributed by atoms with Gasteiger partial charge in [0.15, 0.2) is 0 Å². The maximum Gasteiger partial charge on any atom is 0.434 e. The zero-order valence-electron chi connectivity index (χ0n) is 26.7. The van der Waals surface area contributed by atoms with Gasteiger partial charge in [0.2, 0.25) is 17.7 Å². The minimum Gasteiger partial charge on any atom is -0.479 e. The summed E-state index contributed by atoms with van der Waals surface area (Å²) in [5, 5.41) is 25.6. The third kappa shape index (κ3) is 6.93. The molecule has 5 atom stereocenters. The third-order valence-electron chi connectivity index (χ3n) is 8.32. The molecule has 250 valence electrons. The number of benzene rings is 1. The van der Waals surface area contributed by atoms with Crippen LogP contribution in [0, 0.1) is 17.8 Å². The number of aromatic nitrogens is 2. The molecule has 13 nitrogen and oxygen atoms in total. The van der Waals surface area contributed by atoms with Crippen molar-refractivity contribution in [2.75, 3.05) is 13.2 Å². The van der Waals surface area contributed by atoms with Crippen LogP contribution in [0.2, 0.25) is 0 Å². The van der Waals surface area contributed by atoms with E-state index in [-0.39, 0.29) is 42.9 Å². The number of nitrogens with zero attached hydrogens (tertiary/aromatic N) is 4. The van der Waals surface area contributed by atoms with Crippen LogP contribution in [0.5, 0.6) is 5.88 Å². The summed E-state index contributed by atoms with van der Waals surface area (Å²) in [5.74, 6) is -3.49. The summed E-state index contributed by atoms with van der Waals surface area (Å²) >= 11 is 1.45. The molecule has 5 rings (SSSR count). The Hall–Kier alpha value is -4.56. The van der Waals surface area contributed by atoms with E-state index in [0.29, 0.717) is 16.7 Å². The molecule has 2 unspecified atom stereocenters. The Balaban J connectivity index is 1.47. The lowest BCUT2D eigenvalue weighted by Gasteiger charge is -2.33. The molecule has 2 aromatic heterocycles. The summed E-state index contributed by atoms with van der Waals surface area (Å²) < 4.78 is 11.6. The monoisotopic (exact) mass is 665 g/mol. The summed E-state index contributed by atoms with van der Waals surface area (Å²) in [6.07, 6.45) is -0.244. The van der Waals surface area contributed by atoms with Crippen LogP contribution in [0.3, 0.4) is 0 Å². The Labute approximate surface area is 276 Å². The predicted octanol–water partition coefficient (Wildman–Crippen LogP) is 4.36. The molecule has 14 heteroatoms. The predicted molar refractivity (Wildman–Crippen MR) is 173 cm³/mol. The van der Waals surface area contributed by atoms with Crippen LogP contribution in [0.25, 0.3) is 21.6 Å². The van der Waals surface area contributed by atoms with E-state index in [9.17, 15) is 29.5 Å². The summed E-state index contributed by atoms with van der Waals surface area (Å²) in [6, 6.07) is 8.49. The van der Waals surface area contributed by atoms with Gasteiger partial charge in [-0.2, -0.15) is 5.06 Å². The molecule has 1 aromatic carbocycles. The average Bonchev–Trinajstić information content (AvgIpc) is 3.33. The number of thiophene rings is 1. The number of likely N-dealkylation sites (tertiary alicyclic amines) is 1. The fourth-order valence-corrected chi connectivity index (χ4v) is 6.46. The molecule has 0 bridgehead atoms. The second-order valence-corrected chi connectivity index (χ2v) is 13.6. The lowest BCUT2D eigenvalue weighted by atomic mass is 10.0. The molecule has 3 N–H and O–H groups in total.